The first-order chi connectivity index (χ1) is 10.1. The zero-order valence-electron chi connectivity index (χ0n) is 12.9. The molecule has 1 atom stereocenters. The number of hydrogen-bond acceptors (Lipinski definition) is 4. The summed E-state index contributed by atoms with van der Waals surface area (Å²) in [6.07, 6.45) is 1.70. The second kappa shape index (κ2) is 7.43. The van der Waals surface area contributed by atoms with Crippen LogP contribution in [0.25, 0.3) is 0 Å². The number of amidine groups is 1. The average molecular weight is 291 g/mol. The van der Waals surface area contributed by atoms with Crippen molar-refractivity contribution in [2.24, 2.45) is 5.73 Å². The van der Waals surface area contributed by atoms with Crippen LogP contribution in [0.5, 0.6) is 5.75 Å². The fourth-order valence-corrected chi connectivity index (χ4v) is 2.63. The molecule has 5 nitrogen and oxygen atoms in total. The van der Waals surface area contributed by atoms with E-state index in [1.54, 1.807) is 7.11 Å². The lowest BCUT2D eigenvalue weighted by molar-refractivity contribution is 0.113. The summed E-state index contributed by atoms with van der Waals surface area (Å²) in [7, 11) is 1.70. The fourth-order valence-electron chi connectivity index (χ4n) is 2.63. The van der Waals surface area contributed by atoms with Gasteiger partial charge in [0.25, 0.3) is 0 Å². The number of ether oxygens (including phenoxy) is 2. The Hall–Kier alpha value is -1.59. The van der Waals surface area contributed by atoms with Gasteiger partial charge < -0.3 is 15.2 Å². The number of methoxy groups -OCH3 is 1. The van der Waals surface area contributed by atoms with E-state index in [0.717, 1.165) is 31.8 Å². The van der Waals surface area contributed by atoms with Crippen molar-refractivity contribution in [1.82, 2.24) is 4.90 Å². The summed E-state index contributed by atoms with van der Waals surface area (Å²) in [5.41, 5.74) is 8.02. The van der Waals surface area contributed by atoms with Crippen LogP contribution in [0.1, 0.15) is 17.5 Å². The van der Waals surface area contributed by atoms with Crippen molar-refractivity contribution in [3.05, 3.63) is 29.3 Å². The standard InChI is InChI=1S/C16H25N3O2/c1-12-3-4-15-13(9-12)10-14(21-15)11-19(7-8-20-2)6-5-16(17)18/h3-4,9,14H,5-8,10-11H2,1-2H3,(H3,17,18). The van der Waals surface area contributed by atoms with Crippen LogP contribution in [0, 0.1) is 12.3 Å². The molecular weight excluding hydrogens is 266 g/mol. The Kier molecular flexibility index (Phi) is 5.59. The molecule has 0 aliphatic carbocycles. The maximum atomic E-state index is 7.37. The minimum absolute atomic E-state index is 0.172. The van der Waals surface area contributed by atoms with Crippen LogP contribution in [-0.4, -0.2) is 50.2 Å². The molecule has 2 rings (SSSR count). The maximum absolute atomic E-state index is 7.37. The number of nitrogens with two attached hydrogens (primary N) is 1. The van der Waals surface area contributed by atoms with Gasteiger partial charge in [-0.2, -0.15) is 0 Å². The quantitative estimate of drug-likeness (QED) is 0.563. The van der Waals surface area contributed by atoms with E-state index in [9.17, 15) is 0 Å². The average Bonchev–Trinajstić information content (AvgIpc) is 2.83. The highest BCUT2D eigenvalue weighted by Gasteiger charge is 2.24. The summed E-state index contributed by atoms with van der Waals surface area (Å²) in [5, 5.41) is 7.37. The van der Waals surface area contributed by atoms with Gasteiger partial charge >= 0.3 is 0 Å². The van der Waals surface area contributed by atoms with Crippen LogP contribution in [0.2, 0.25) is 0 Å². The van der Waals surface area contributed by atoms with Gasteiger partial charge in [-0.25, -0.2) is 0 Å². The van der Waals surface area contributed by atoms with Crippen molar-refractivity contribution in [3.8, 4) is 5.75 Å². The van der Waals surface area contributed by atoms with Gasteiger partial charge in [0.1, 0.15) is 11.9 Å². The first-order valence-corrected chi connectivity index (χ1v) is 7.39. The van der Waals surface area contributed by atoms with Crippen molar-refractivity contribution in [2.45, 2.75) is 25.9 Å². The molecule has 1 aliphatic rings. The molecule has 0 radical (unpaired) electrons. The molecule has 0 bridgehead atoms. The molecule has 0 fully saturated rings. The van der Waals surface area contributed by atoms with E-state index in [4.69, 9.17) is 20.6 Å². The van der Waals surface area contributed by atoms with E-state index in [1.165, 1.54) is 11.1 Å². The first kappa shape index (κ1) is 15.8. The summed E-state index contributed by atoms with van der Waals surface area (Å²) in [6, 6.07) is 6.34. The Balaban J connectivity index is 1.90. The molecule has 1 aliphatic heterocycles. The topological polar surface area (TPSA) is 71.6 Å². The predicted molar refractivity (Wildman–Crippen MR) is 84.1 cm³/mol. The minimum Gasteiger partial charge on any atom is -0.488 e. The molecule has 0 saturated heterocycles. The smallest absolute Gasteiger partial charge is 0.123 e. The third kappa shape index (κ3) is 4.72. The highest BCUT2D eigenvalue weighted by atomic mass is 16.5. The second-order valence-electron chi connectivity index (χ2n) is 5.62. The number of fused-ring (bicyclic) bond motifs is 1. The summed E-state index contributed by atoms with van der Waals surface area (Å²) in [4.78, 5) is 2.26. The van der Waals surface area contributed by atoms with Crippen LogP contribution >= 0.6 is 0 Å². The minimum atomic E-state index is 0.172. The molecule has 5 heteroatoms. The molecule has 1 unspecified atom stereocenters. The molecule has 1 aromatic carbocycles. The number of aryl methyl sites for hydroxylation is 1. The van der Waals surface area contributed by atoms with Crippen molar-refractivity contribution in [1.29, 1.82) is 5.41 Å². The molecule has 116 valence electrons. The number of hydrogen-bond donors (Lipinski definition) is 2. The summed E-state index contributed by atoms with van der Waals surface area (Å²) in [5.74, 6) is 1.23. The Morgan fingerprint density at radius 1 is 1.48 bits per heavy atom. The molecule has 0 amide bonds. The first-order valence-electron chi connectivity index (χ1n) is 7.39. The second-order valence-corrected chi connectivity index (χ2v) is 5.62. The number of nitrogens with one attached hydrogen (secondary N) is 1. The van der Waals surface area contributed by atoms with Crippen LogP contribution < -0.4 is 10.5 Å². The third-order valence-corrected chi connectivity index (χ3v) is 3.73. The molecular formula is C16H25N3O2. The van der Waals surface area contributed by atoms with Gasteiger partial charge in [0.05, 0.1) is 12.4 Å². The highest BCUT2D eigenvalue weighted by Crippen LogP contribution is 2.29. The molecule has 0 aromatic heterocycles. The van der Waals surface area contributed by atoms with Gasteiger partial charge in [0, 0.05) is 39.6 Å². The molecule has 3 N–H and O–H groups in total. The lowest BCUT2D eigenvalue weighted by atomic mass is 10.1. The summed E-state index contributed by atoms with van der Waals surface area (Å²) in [6.45, 7) is 5.22. The SMILES string of the molecule is COCCN(CCC(=N)N)CC1Cc2cc(C)ccc2O1. The van der Waals surface area contributed by atoms with Crippen LogP contribution in [-0.2, 0) is 11.2 Å². The van der Waals surface area contributed by atoms with E-state index < -0.39 is 0 Å². The lowest BCUT2D eigenvalue weighted by Gasteiger charge is -2.24. The lowest BCUT2D eigenvalue weighted by Crippen LogP contribution is -2.38. The zero-order chi connectivity index (χ0) is 15.2. The van der Waals surface area contributed by atoms with Crippen molar-refractivity contribution < 1.29 is 9.47 Å². The monoisotopic (exact) mass is 291 g/mol. The van der Waals surface area contributed by atoms with Gasteiger partial charge in [-0.1, -0.05) is 17.7 Å². The van der Waals surface area contributed by atoms with Gasteiger partial charge in [-0.15, -0.1) is 0 Å². The predicted octanol–water partition coefficient (Wildman–Crippen LogP) is 1.57. The Bertz CT molecular complexity index is 490. The summed E-state index contributed by atoms with van der Waals surface area (Å²) < 4.78 is 11.2. The molecule has 0 saturated carbocycles. The highest BCUT2D eigenvalue weighted by molar-refractivity contribution is 5.76. The van der Waals surface area contributed by atoms with Crippen LogP contribution in [0.3, 0.4) is 0 Å². The molecule has 0 spiro atoms. The van der Waals surface area contributed by atoms with Crippen molar-refractivity contribution >= 4 is 5.84 Å². The van der Waals surface area contributed by atoms with Crippen LogP contribution in [0.4, 0.5) is 0 Å². The van der Waals surface area contributed by atoms with Crippen molar-refractivity contribution in [3.63, 3.8) is 0 Å². The fraction of sp³-hybridized carbons (Fsp3) is 0.562. The van der Waals surface area contributed by atoms with E-state index in [2.05, 4.69) is 30.0 Å². The normalized spacial score (nSPS) is 16.8. The number of benzene rings is 1. The van der Waals surface area contributed by atoms with E-state index in [-0.39, 0.29) is 11.9 Å². The van der Waals surface area contributed by atoms with Gasteiger partial charge in [0.15, 0.2) is 0 Å². The molecule has 1 aromatic rings. The molecule has 21 heavy (non-hydrogen) atoms. The number of nitrogens with zero attached hydrogens (tertiary/aromatic N) is 1. The number of rotatable bonds is 8. The van der Waals surface area contributed by atoms with E-state index in [0.29, 0.717) is 13.0 Å². The Morgan fingerprint density at radius 3 is 3.00 bits per heavy atom. The third-order valence-electron chi connectivity index (χ3n) is 3.73. The maximum Gasteiger partial charge on any atom is 0.123 e. The van der Waals surface area contributed by atoms with Gasteiger partial charge in [-0.3, -0.25) is 10.3 Å². The van der Waals surface area contributed by atoms with Gasteiger partial charge in [-0.05, 0) is 18.6 Å². The van der Waals surface area contributed by atoms with E-state index in [1.807, 2.05) is 0 Å². The Labute approximate surface area is 126 Å². The molecule has 1 heterocycles. The zero-order valence-corrected chi connectivity index (χ0v) is 12.9. The Morgan fingerprint density at radius 2 is 2.29 bits per heavy atom. The van der Waals surface area contributed by atoms with Gasteiger partial charge in [0.2, 0.25) is 0 Å². The summed E-state index contributed by atoms with van der Waals surface area (Å²) >= 11 is 0. The largest absolute Gasteiger partial charge is 0.488 e. The van der Waals surface area contributed by atoms with Crippen molar-refractivity contribution in [2.75, 3.05) is 33.4 Å². The van der Waals surface area contributed by atoms with Crippen LogP contribution in [0.15, 0.2) is 18.2 Å². The van der Waals surface area contributed by atoms with E-state index >= 15 is 0 Å².